The molecule has 0 spiro atoms. The first-order valence-corrected chi connectivity index (χ1v) is 9.14. The van der Waals surface area contributed by atoms with Crippen LogP contribution in [0.15, 0.2) is 5.51 Å². The van der Waals surface area contributed by atoms with E-state index in [1.165, 1.54) is 49.3 Å². The normalized spacial score (nSPS) is 25.3. The predicted molar refractivity (Wildman–Crippen MR) is 86.8 cm³/mol. The van der Waals surface area contributed by atoms with E-state index >= 15 is 0 Å². The fraction of sp³-hybridized carbons (Fsp3) is 0.812. The first-order valence-electron chi connectivity index (χ1n) is 8.26. The molecule has 1 atom stereocenters. The molecule has 2 aliphatic heterocycles. The lowest BCUT2D eigenvalue weighted by molar-refractivity contribution is 0.0302. The molecule has 21 heavy (non-hydrogen) atoms. The maximum Gasteiger partial charge on any atom is 0.0798 e. The van der Waals surface area contributed by atoms with Gasteiger partial charge in [0, 0.05) is 30.6 Å². The van der Waals surface area contributed by atoms with E-state index in [0.717, 1.165) is 38.9 Å². The van der Waals surface area contributed by atoms with Crippen molar-refractivity contribution in [1.82, 2.24) is 14.8 Å². The molecule has 2 saturated heterocycles. The van der Waals surface area contributed by atoms with Gasteiger partial charge in [-0.3, -0.25) is 9.80 Å². The van der Waals surface area contributed by atoms with Gasteiger partial charge in [-0.15, -0.1) is 11.3 Å². The minimum atomic E-state index is 0.753. The molecule has 1 unspecified atom stereocenters. The lowest BCUT2D eigenvalue weighted by Crippen LogP contribution is -2.43. The van der Waals surface area contributed by atoms with Crippen molar-refractivity contribution in [2.45, 2.75) is 45.2 Å². The third-order valence-electron chi connectivity index (χ3n) is 4.82. The smallest absolute Gasteiger partial charge is 0.0798 e. The van der Waals surface area contributed by atoms with Crippen LogP contribution in [-0.4, -0.2) is 60.2 Å². The quantitative estimate of drug-likeness (QED) is 0.836. The van der Waals surface area contributed by atoms with Crippen molar-refractivity contribution in [1.29, 1.82) is 0 Å². The van der Waals surface area contributed by atoms with Gasteiger partial charge in [0.25, 0.3) is 0 Å². The average Bonchev–Trinajstić information content (AvgIpc) is 2.93. The van der Waals surface area contributed by atoms with Crippen molar-refractivity contribution < 1.29 is 4.74 Å². The summed E-state index contributed by atoms with van der Waals surface area (Å²) in [5.74, 6) is 0. The molecule has 0 aromatic carbocycles. The molecular formula is C16H27N3OS. The fourth-order valence-electron chi connectivity index (χ4n) is 3.41. The van der Waals surface area contributed by atoms with Crippen LogP contribution in [0.5, 0.6) is 0 Å². The monoisotopic (exact) mass is 309 g/mol. The number of morpholine rings is 1. The van der Waals surface area contributed by atoms with Gasteiger partial charge in [-0.25, -0.2) is 4.98 Å². The molecule has 1 aromatic heterocycles. The molecule has 2 fully saturated rings. The van der Waals surface area contributed by atoms with E-state index in [0.29, 0.717) is 0 Å². The molecular weight excluding hydrogens is 282 g/mol. The van der Waals surface area contributed by atoms with Crippen LogP contribution in [0.1, 0.15) is 36.3 Å². The zero-order valence-corrected chi connectivity index (χ0v) is 13.9. The number of nitrogens with zero attached hydrogens (tertiary/aromatic N) is 3. The Labute approximate surface area is 132 Å². The van der Waals surface area contributed by atoms with Crippen molar-refractivity contribution in [2.75, 3.05) is 39.4 Å². The van der Waals surface area contributed by atoms with Crippen molar-refractivity contribution in [3.8, 4) is 0 Å². The Kier molecular flexibility index (Phi) is 5.63. The molecule has 3 rings (SSSR count). The van der Waals surface area contributed by atoms with Gasteiger partial charge < -0.3 is 4.74 Å². The zero-order chi connectivity index (χ0) is 14.5. The van der Waals surface area contributed by atoms with Crippen molar-refractivity contribution in [3.05, 3.63) is 16.1 Å². The summed E-state index contributed by atoms with van der Waals surface area (Å²) in [6.45, 7) is 9.77. The number of piperidine rings is 1. The molecule has 2 aliphatic rings. The van der Waals surface area contributed by atoms with Crippen LogP contribution in [0.25, 0.3) is 0 Å². The molecule has 0 aliphatic carbocycles. The fourth-order valence-corrected chi connectivity index (χ4v) is 4.22. The van der Waals surface area contributed by atoms with Crippen LogP contribution in [0.3, 0.4) is 0 Å². The Balaban J connectivity index is 1.52. The summed E-state index contributed by atoms with van der Waals surface area (Å²) < 4.78 is 5.44. The molecule has 5 heteroatoms. The van der Waals surface area contributed by atoms with Gasteiger partial charge in [0.1, 0.15) is 0 Å². The molecule has 0 saturated carbocycles. The Bertz CT molecular complexity index is 431. The Morgan fingerprint density at radius 1 is 1.29 bits per heavy atom. The predicted octanol–water partition coefficient (Wildman–Crippen LogP) is 2.53. The molecule has 118 valence electrons. The Hall–Kier alpha value is -0.490. The summed E-state index contributed by atoms with van der Waals surface area (Å²) in [4.78, 5) is 11.1. The summed E-state index contributed by atoms with van der Waals surface area (Å²) in [5, 5.41) is 0. The van der Waals surface area contributed by atoms with Crippen molar-refractivity contribution in [3.63, 3.8) is 0 Å². The highest BCUT2D eigenvalue weighted by molar-refractivity contribution is 7.09. The van der Waals surface area contributed by atoms with Crippen molar-refractivity contribution >= 4 is 11.3 Å². The lowest BCUT2D eigenvalue weighted by Gasteiger charge is -2.37. The molecule has 0 bridgehead atoms. The summed E-state index contributed by atoms with van der Waals surface area (Å²) in [6.07, 6.45) is 5.41. The van der Waals surface area contributed by atoms with Crippen LogP contribution in [0.4, 0.5) is 0 Å². The van der Waals surface area contributed by atoms with Gasteiger partial charge >= 0.3 is 0 Å². The number of thiazole rings is 1. The van der Waals surface area contributed by atoms with E-state index in [2.05, 4.69) is 21.7 Å². The molecule has 3 heterocycles. The minimum absolute atomic E-state index is 0.753. The number of aryl methyl sites for hydroxylation is 1. The van der Waals surface area contributed by atoms with Crippen LogP contribution in [0.2, 0.25) is 0 Å². The molecule has 0 amide bonds. The summed E-state index contributed by atoms with van der Waals surface area (Å²) in [6, 6.07) is 0.753. The van der Waals surface area contributed by atoms with Gasteiger partial charge in [-0.05, 0) is 39.3 Å². The lowest BCUT2D eigenvalue weighted by atomic mass is 9.99. The van der Waals surface area contributed by atoms with Crippen LogP contribution in [0, 0.1) is 6.92 Å². The highest BCUT2D eigenvalue weighted by Crippen LogP contribution is 2.24. The number of rotatable bonds is 5. The maximum absolute atomic E-state index is 5.44. The summed E-state index contributed by atoms with van der Waals surface area (Å²) in [7, 11) is 0. The molecule has 4 nitrogen and oxygen atoms in total. The first kappa shape index (κ1) is 15.4. The van der Waals surface area contributed by atoms with E-state index in [9.17, 15) is 0 Å². The van der Waals surface area contributed by atoms with Gasteiger partial charge in [0.2, 0.25) is 0 Å². The van der Waals surface area contributed by atoms with E-state index in [1.54, 1.807) is 0 Å². The van der Waals surface area contributed by atoms with E-state index in [4.69, 9.17) is 4.74 Å². The number of hydrogen-bond donors (Lipinski definition) is 0. The van der Waals surface area contributed by atoms with Gasteiger partial charge in [-0.2, -0.15) is 0 Å². The maximum atomic E-state index is 5.44. The molecule has 0 radical (unpaired) electrons. The second-order valence-corrected chi connectivity index (χ2v) is 7.16. The van der Waals surface area contributed by atoms with Crippen LogP contribution >= 0.6 is 11.3 Å². The summed E-state index contributed by atoms with van der Waals surface area (Å²) >= 11 is 1.81. The Morgan fingerprint density at radius 3 is 2.90 bits per heavy atom. The minimum Gasteiger partial charge on any atom is -0.379 e. The van der Waals surface area contributed by atoms with Crippen molar-refractivity contribution in [2.24, 2.45) is 0 Å². The zero-order valence-electron chi connectivity index (χ0n) is 13.1. The van der Waals surface area contributed by atoms with E-state index < -0.39 is 0 Å². The second-order valence-electron chi connectivity index (χ2n) is 6.22. The topological polar surface area (TPSA) is 28.6 Å². The van der Waals surface area contributed by atoms with Crippen LogP contribution < -0.4 is 0 Å². The number of ether oxygens (including phenoxy) is 1. The standard InChI is InChI=1S/C16H27N3OS/c1-14-16(21-13-17-14)12-19-6-3-2-4-15(19)5-7-18-8-10-20-11-9-18/h13,15H,2-12H2,1H3. The van der Waals surface area contributed by atoms with Gasteiger partial charge in [-0.1, -0.05) is 6.42 Å². The molecule has 1 aromatic rings. The molecule has 0 N–H and O–H groups in total. The number of hydrogen-bond acceptors (Lipinski definition) is 5. The third kappa shape index (κ3) is 4.25. The SMILES string of the molecule is Cc1ncsc1CN1CCCCC1CCN1CCOCC1. The second kappa shape index (κ2) is 7.68. The summed E-state index contributed by atoms with van der Waals surface area (Å²) in [5.41, 5.74) is 3.20. The first-order chi connectivity index (χ1) is 10.3. The third-order valence-corrected chi connectivity index (χ3v) is 5.74. The Morgan fingerprint density at radius 2 is 2.14 bits per heavy atom. The highest BCUT2D eigenvalue weighted by atomic mass is 32.1. The average molecular weight is 309 g/mol. The van der Waals surface area contributed by atoms with Crippen LogP contribution in [-0.2, 0) is 11.3 Å². The van der Waals surface area contributed by atoms with E-state index in [-0.39, 0.29) is 0 Å². The van der Waals surface area contributed by atoms with Gasteiger partial charge in [0.05, 0.1) is 24.4 Å². The number of likely N-dealkylation sites (tertiary alicyclic amines) is 1. The largest absolute Gasteiger partial charge is 0.379 e. The van der Waals surface area contributed by atoms with E-state index in [1.807, 2.05) is 16.8 Å². The number of aromatic nitrogens is 1. The highest BCUT2D eigenvalue weighted by Gasteiger charge is 2.24. The van der Waals surface area contributed by atoms with Gasteiger partial charge in [0.15, 0.2) is 0 Å².